The van der Waals surface area contributed by atoms with Gasteiger partial charge in [-0.3, -0.25) is 10.1 Å². The number of carbonyl (C=O) groups excluding carboxylic acids is 3. The number of benzene rings is 1. The van der Waals surface area contributed by atoms with E-state index in [4.69, 9.17) is 4.74 Å². The molecule has 1 aromatic carbocycles. The van der Waals surface area contributed by atoms with Gasteiger partial charge in [-0.05, 0) is 38.3 Å². The molecule has 0 heterocycles. The monoisotopic (exact) mass is 318 g/mol. The van der Waals surface area contributed by atoms with E-state index in [2.05, 4.69) is 10.6 Å². The summed E-state index contributed by atoms with van der Waals surface area (Å²) in [6.45, 7) is 3.25. The fourth-order valence-electron chi connectivity index (χ4n) is 2.71. The van der Waals surface area contributed by atoms with E-state index >= 15 is 0 Å². The number of esters is 1. The Kier molecular flexibility index (Phi) is 5.73. The van der Waals surface area contributed by atoms with Gasteiger partial charge in [0.2, 0.25) is 0 Å². The Bertz CT molecular complexity index is 607. The van der Waals surface area contributed by atoms with Crippen molar-refractivity contribution in [1.29, 1.82) is 0 Å². The quantitative estimate of drug-likeness (QED) is 0.834. The normalized spacial score (nSPS) is 14.3. The van der Waals surface area contributed by atoms with Gasteiger partial charge in [0, 0.05) is 6.04 Å². The van der Waals surface area contributed by atoms with Crippen LogP contribution in [0.3, 0.4) is 0 Å². The molecule has 0 saturated heterocycles. The molecule has 1 aromatic rings. The summed E-state index contributed by atoms with van der Waals surface area (Å²) in [5.41, 5.74) is 2.24. The predicted octanol–water partition coefficient (Wildman–Crippen LogP) is 2.23. The predicted molar refractivity (Wildman–Crippen MR) is 85.1 cm³/mol. The minimum Gasteiger partial charge on any atom is -0.452 e. The lowest BCUT2D eigenvalue weighted by molar-refractivity contribution is -0.123. The molecule has 0 bridgehead atoms. The van der Waals surface area contributed by atoms with Crippen LogP contribution in [0.5, 0.6) is 0 Å². The van der Waals surface area contributed by atoms with Crippen molar-refractivity contribution in [2.24, 2.45) is 0 Å². The molecule has 0 unspecified atom stereocenters. The number of ether oxygens (including phenoxy) is 1. The molecule has 0 atom stereocenters. The van der Waals surface area contributed by atoms with E-state index in [1.54, 1.807) is 19.1 Å². The summed E-state index contributed by atoms with van der Waals surface area (Å²) >= 11 is 0. The number of nitrogens with one attached hydrogen (secondary N) is 2. The average molecular weight is 318 g/mol. The molecule has 0 spiro atoms. The Labute approximate surface area is 135 Å². The lowest BCUT2D eigenvalue weighted by Gasteiger charge is -2.12. The van der Waals surface area contributed by atoms with Crippen molar-refractivity contribution in [3.8, 4) is 0 Å². The van der Waals surface area contributed by atoms with Gasteiger partial charge < -0.3 is 10.1 Å². The third-order valence-electron chi connectivity index (χ3n) is 3.88. The molecule has 1 aliphatic carbocycles. The Hall–Kier alpha value is -2.37. The SMILES string of the molecule is Cc1ccc(C(=O)OCC(=O)NC(=O)NC2CCCC2)c(C)c1. The molecule has 1 aliphatic rings. The highest BCUT2D eigenvalue weighted by atomic mass is 16.5. The van der Waals surface area contributed by atoms with Gasteiger partial charge in [-0.15, -0.1) is 0 Å². The van der Waals surface area contributed by atoms with Crippen LogP contribution in [-0.2, 0) is 9.53 Å². The van der Waals surface area contributed by atoms with Gasteiger partial charge in [0.1, 0.15) is 0 Å². The minimum absolute atomic E-state index is 0.126. The van der Waals surface area contributed by atoms with Crippen LogP contribution >= 0.6 is 0 Å². The molecule has 124 valence electrons. The van der Waals surface area contributed by atoms with Crippen molar-refractivity contribution in [1.82, 2.24) is 10.6 Å². The first-order valence-corrected chi connectivity index (χ1v) is 7.80. The lowest BCUT2D eigenvalue weighted by atomic mass is 10.1. The zero-order valence-electron chi connectivity index (χ0n) is 13.5. The second-order valence-corrected chi connectivity index (χ2v) is 5.90. The van der Waals surface area contributed by atoms with Gasteiger partial charge in [0.05, 0.1) is 5.56 Å². The Morgan fingerprint density at radius 3 is 2.52 bits per heavy atom. The van der Waals surface area contributed by atoms with Crippen LogP contribution in [0.25, 0.3) is 0 Å². The Balaban J connectivity index is 1.77. The summed E-state index contributed by atoms with van der Waals surface area (Å²) in [4.78, 5) is 35.2. The topological polar surface area (TPSA) is 84.5 Å². The minimum atomic E-state index is -0.640. The first kappa shape index (κ1) is 17.0. The van der Waals surface area contributed by atoms with E-state index < -0.39 is 24.5 Å². The number of carbonyl (C=O) groups is 3. The van der Waals surface area contributed by atoms with E-state index in [-0.39, 0.29) is 6.04 Å². The number of urea groups is 1. The summed E-state index contributed by atoms with van der Waals surface area (Å²) < 4.78 is 4.95. The van der Waals surface area contributed by atoms with Gasteiger partial charge >= 0.3 is 12.0 Å². The summed E-state index contributed by atoms with van der Waals surface area (Å²) in [5.74, 6) is -1.22. The van der Waals surface area contributed by atoms with Gasteiger partial charge in [-0.25, -0.2) is 9.59 Å². The van der Waals surface area contributed by atoms with Crippen LogP contribution in [0.1, 0.15) is 47.2 Å². The maximum absolute atomic E-state index is 11.9. The molecular formula is C17H22N2O4. The van der Waals surface area contributed by atoms with Crippen LogP contribution in [-0.4, -0.2) is 30.6 Å². The van der Waals surface area contributed by atoms with Crippen molar-refractivity contribution in [3.05, 3.63) is 34.9 Å². The molecule has 2 N–H and O–H groups in total. The molecule has 0 radical (unpaired) electrons. The van der Waals surface area contributed by atoms with E-state index in [1.807, 2.05) is 13.0 Å². The Morgan fingerprint density at radius 2 is 1.87 bits per heavy atom. The summed E-state index contributed by atoms with van der Waals surface area (Å²) in [5, 5.41) is 4.90. The zero-order valence-corrected chi connectivity index (χ0v) is 13.5. The fourth-order valence-corrected chi connectivity index (χ4v) is 2.71. The second kappa shape index (κ2) is 7.76. The molecule has 1 saturated carbocycles. The number of rotatable bonds is 4. The summed E-state index contributed by atoms with van der Waals surface area (Å²) in [6, 6.07) is 4.92. The van der Waals surface area contributed by atoms with Crippen molar-refractivity contribution < 1.29 is 19.1 Å². The number of aryl methyl sites for hydroxylation is 2. The van der Waals surface area contributed by atoms with Crippen LogP contribution in [0, 0.1) is 13.8 Å². The zero-order chi connectivity index (χ0) is 16.8. The maximum atomic E-state index is 11.9. The van der Waals surface area contributed by atoms with Crippen LogP contribution < -0.4 is 10.6 Å². The first-order valence-electron chi connectivity index (χ1n) is 7.80. The number of hydrogen-bond donors (Lipinski definition) is 2. The van der Waals surface area contributed by atoms with Gasteiger partial charge in [-0.2, -0.15) is 0 Å². The van der Waals surface area contributed by atoms with Crippen molar-refractivity contribution in [3.63, 3.8) is 0 Å². The highest BCUT2D eigenvalue weighted by Gasteiger charge is 2.19. The van der Waals surface area contributed by atoms with Crippen molar-refractivity contribution in [2.45, 2.75) is 45.6 Å². The van der Waals surface area contributed by atoms with E-state index in [9.17, 15) is 14.4 Å². The first-order chi connectivity index (χ1) is 11.0. The molecule has 6 nitrogen and oxygen atoms in total. The van der Waals surface area contributed by atoms with Crippen molar-refractivity contribution in [2.75, 3.05) is 6.61 Å². The third kappa shape index (κ3) is 5.09. The molecule has 23 heavy (non-hydrogen) atoms. The van der Waals surface area contributed by atoms with Gasteiger partial charge in [0.15, 0.2) is 6.61 Å². The summed E-state index contributed by atoms with van der Waals surface area (Å²) in [7, 11) is 0. The van der Waals surface area contributed by atoms with E-state index in [0.29, 0.717) is 5.56 Å². The second-order valence-electron chi connectivity index (χ2n) is 5.90. The molecule has 6 heteroatoms. The van der Waals surface area contributed by atoms with Gasteiger partial charge in [0.25, 0.3) is 5.91 Å². The van der Waals surface area contributed by atoms with Gasteiger partial charge in [-0.1, -0.05) is 30.5 Å². The number of amides is 3. The van der Waals surface area contributed by atoms with Crippen LogP contribution in [0.4, 0.5) is 4.79 Å². The molecular weight excluding hydrogens is 296 g/mol. The van der Waals surface area contributed by atoms with Crippen LogP contribution in [0.15, 0.2) is 18.2 Å². The summed E-state index contributed by atoms with van der Waals surface area (Å²) in [6.07, 6.45) is 4.05. The Morgan fingerprint density at radius 1 is 1.17 bits per heavy atom. The highest BCUT2D eigenvalue weighted by molar-refractivity contribution is 5.97. The molecule has 3 amide bonds. The molecule has 2 rings (SSSR count). The molecule has 0 aromatic heterocycles. The van der Waals surface area contributed by atoms with Crippen LogP contribution in [0.2, 0.25) is 0 Å². The van der Waals surface area contributed by atoms with E-state index in [1.165, 1.54) is 0 Å². The number of hydrogen-bond acceptors (Lipinski definition) is 4. The molecule has 0 aliphatic heterocycles. The standard InChI is InChI=1S/C17H22N2O4/c1-11-7-8-14(12(2)9-11)16(21)23-10-15(20)19-17(22)18-13-5-3-4-6-13/h7-9,13H,3-6,10H2,1-2H3,(H2,18,19,20,22). The maximum Gasteiger partial charge on any atom is 0.338 e. The van der Waals surface area contributed by atoms with Crippen molar-refractivity contribution >= 4 is 17.9 Å². The van der Waals surface area contributed by atoms with E-state index in [0.717, 1.165) is 36.8 Å². The average Bonchev–Trinajstić information content (AvgIpc) is 2.97. The smallest absolute Gasteiger partial charge is 0.338 e. The lowest BCUT2D eigenvalue weighted by Crippen LogP contribution is -2.45. The molecule has 1 fully saturated rings. The highest BCUT2D eigenvalue weighted by Crippen LogP contribution is 2.17. The third-order valence-corrected chi connectivity index (χ3v) is 3.88. The largest absolute Gasteiger partial charge is 0.452 e. The fraction of sp³-hybridized carbons (Fsp3) is 0.471. The number of imide groups is 1.